The van der Waals surface area contributed by atoms with Gasteiger partial charge in [-0.3, -0.25) is 4.98 Å². The van der Waals surface area contributed by atoms with Crippen molar-refractivity contribution in [2.45, 2.75) is 12.8 Å². The standard InChI is InChI=1S/C16H13N5/c1-11(15-10-19-16-18-7-8-20-21(15)16)12-4-5-14-13(9-12)3-2-6-17-14/h2-11H,1H3. The smallest absolute Gasteiger partial charge is 0.250 e. The normalized spacial score (nSPS) is 12.8. The zero-order chi connectivity index (χ0) is 14.2. The summed E-state index contributed by atoms with van der Waals surface area (Å²) in [7, 11) is 0. The second kappa shape index (κ2) is 4.63. The van der Waals surface area contributed by atoms with Crippen LogP contribution in [-0.4, -0.2) is 24.6 Å². The third-order valence-corrected chi connectivity index (χ3v) is 3.76. The van der Waals surface area contributed by atoms with Gasteiger partial charge in [-0.2, -0.15) is 5.10 Å². The molecule has 0 aliphatic heterocycles. The fourth-order valence-electron chi connectivity index (χ4n) is 2.58. The van der Waals surface area contributed by atoms with Gasteiger partial charge in [-0.05, 0) is 23.8 Å². The van der Waals surface area contributed by atoms with E-state index < -0.39 is 0 Å². The van der Waals surface area contributed by atoms with Crippen LogP contribution in [0.1, 0.15) is 24.1 Å². The summed E-state index contributed by atoms with van der Waals surface area (Å²) in [5.41, 5.74) is 3.25. The van der Waals surface area contributed by atoms with Gasteiger partial charge in [0.15, 0.2) is 0 Å². The Balaban J connectivity index is 1.83. The van der Waals surface area contributed by atoms with Gasteiger partial charge in [0.2, 0.25) is 0 Å². The minimum absolute atomic E-state index is 0.182. The van der Waals surface area contributed by atoms with Crippen LogP contribution in [0.25, 0.3) is 16.7 Å². The molecule has 3 heterocycles. The summed E-state index contributed by atoms with van der Waals surface area (Å²) in [5.74, 6) is 0.808. The third-order valence-electron chi connectivity index (χ3n) is 3.76. The number of pyridine rings is 1. The molecule has 0 aliphatic rings. The number of fused-ring (bicyclic) bond motifs is 2. The lowest BCUT2D eigenvalue weighted by atomic mass is 9.97. The molecule has 0 bridgehead atoms. The van der Waals surface area contributed by atoms with E-state index in [1.807, 2.05) is 18.5 Å². The SMILES string of the molecule is CC(c1ccc2ncccc2c1)c1cnc2nccnn12. The van der Waals surface area contributed by atoms with E-state index in [-0.39, 0.29) is 5.92 Å². The highest BCUT2D eigenvalue weighted by molar-refractivity contribution is 5.79. The van der Waals surface area contributed by atoms with Crippen molar-refractivity contribution in [1.29, 1.82) is 0 Å². The maximum Gasteiger partial charge on any atom is 0.250 e. The molecule has 5 heteroatoms. The lowest BCUT2D eigenvalue weighted by Crippen LogP contribution is -2.03. The van der Waals surface area contributed by atoms with Crippen molar-refractivity contribution in [1.82, 2.24) is 24.6 Å². The molecule has 0 saturated carbocycles. The van der Waals surface area contributed by atoms with Gasteiger partial charge in [0.25, 0.3) is 5.78 Å². The van der Waals surface area contributed by atoms with Crippen molar-refractivity contribution in [3.8, 4) is 0 Å². The van der Waals surface area contributed by atoms with E-state index in [2.05, 4.69) is 51.2 Å². The van der Waals surface area contributed by atoms with Gasteiger partial charge in [-0.25, -0.2) is 14.5 Å². The van der Waals surface area contributed by atoms with Crippen molar-refractivity contribution in [3.63, 3.8) is 0 Å². The van der Waals surface area contributed by atoms with Crippen molar-refractivity contribution in [2.75, 3.05) is 0 Å². The maximum absolute atomic E-state index is 4.35. The van der Waals surface area contributed by atoms with Crippen LogP contribution in [0.3, 0.4) is 0 Å². The fourth-order valence-corrected chi connectivity index (χ4v) is 2.58. The average molecular weight is 275 g/mol. The van der Waals surface area contributed by atoms with Crippen LogP contribution in [0.15, 0.2) is 55.1 Å². The van der Waals surface area contributed by atoms with E-state index in [0.717, 1.165) is 16.6 Å². The number of imidazole rings is 1. The van der Waals surface area contributed by atoms with Gasteiger partial charge in [0, 0.05) is 17.5 Å². The third kappa shape index (κ3) is 1.94. The van der Waals surface area contributed by atoms with Crippen molar-refractivity contribution >= 4 is 16.7 Å². The maximum atomic E-state index is 4.35. The predicted octanol–water partition coefficient (Wildman–Crippen LogP) is 2.82. The second-order valence-electron chi connectivity index (χ2n) is 5.01. The molecule has 21 heavy (non-hydrogen) atoms. The Bertz CT molecular complexity index is 928. The van der Waals surface area contributed by atoms with E-state index in [1.54, 1.807) is 16.9 Å². The van der Waals surface area contributed by atoms with E-state index in [4.69, 9.17) is 0 Å². The molecule has 0 saturated heterocycles. The molecule has 102 valence electrons. The Hall–Kier alpha value is -2.82. The van der Waals surface area contributed by atoms with Crippen molar-refractivity contribution in [3.05, 3.63) is 66.4 Å². The van der Waals surface area contributed by atoms with Gasteiger partial charge in [-0.1, -0.05) is 19.1 Å². The lowest BCUT2D eigenvalue weighted by molar-refractivity contribution is 0.780. The molecule has 4 rings (SSSR count). The molecule has 3 aromatic heterocycles. The van der Waals surface area contributed by atoms with Crippen molar-refractivity contribution in [2.24, 2.45) is 0 Å². The molecule has 0 N–H and O–H groups in total. The van der Waals surface area contributed by atoms with Gasteiger partial charge < -0.3 is 0 Å². The van der Waals surface area contributed by atoms with Crippen molar-refractivity contribution < 1.29 is 0 Å². The van der Waals surface area contributed by atoms with Crippen LogP contribution in [0, 0.1) is 0 Å². The number of hydrogen-bond acceptors (Lipinski definition) is 4. The largest absolute Gasteiger partial charge is 0.256 e. The molecule has 4 aromatic rings. The minimum Gasteiger partial charge on any atom is -0.256 e. The van der Waals surface area contributed by atoms with Crippen LogP contribution in [-0.2, 0) is 0 Å². The summed E-state index contributed by atoms with van der Waals surface area (Å²) in [4.78, 5) is 12.9. The molecule has 0 fully saturated rings. The number of benzene rings is 1. The van der Waals surface area contributed by atoms with Crippen LogP contribution in [0.2, 0.25) is 0 Å². The first kappa shape index (κ1) is 12.0. The van der Waals surface area contributed by atoms with Crippen LogP contribution in [0.5, 0.6) is 0 Å². The van der Waals surface area contributed by atoms with E-state index in [0.29, 0.717) is 5.78 Å². The summed E-state index contributed by atoms with van der Waals surface area (Å²) in [5, 5.41) is 5.47. The molecule has 5 nitrogen and oxygen atoms in total. The number of aromatic nitrogens is 5. The zero-order valence-corrected chi connectivity index (χ0v) is 11.5. The number of nitrogens with zero attached hydrogens (tertiary/aromatic N) is 5. The highest BCUT2D eigenvalue weighted by Crippen LogP contribution is 2.26. The topological polar surface area (TPSA) is 56.0 Å². The summed E-state index contributed by atoms with van der Waals surface area (Å²) in [6, 6.07) is 10.4. The quantitative estimate of drug-likeness (QED) is 0.564. The average Bonchev–Trinajstić information content (AvgIpc) is 2.98. The summed E-state index contributed by atoms with van der Waals surface area (Å²) in [6.45, 7) is 2.15. The van der Waals surface area contributed by atoms with Crippen LogP contribution >= 0.6 is 0 Å². The summed E-state index contributed by atoms with van der Waals surface area (Å²) >= 11 is 0. The first-order valence-corrected chi connectivity index (χ1v) is 6.82. The Morgan fingerprint density at radius 3 is 2.90 bits per heavy atom. The van der Waals surface area contributed by atoms with Crippen LogP contribution in [0.4, 0.5) is 0 Å². The first-order valence-electron chi connectivity index (χ1n) is 6.82. The molecule has 0 amide bonds. The molecule has 0 spiro atoms. The van der Waals surface area contributed by atoms with Gasteiger partial charge in [0.1, 0.15) is 0 Å². The van der Waals surface area contributed by atoms with Gasteiger partial charge in [-0.15, -0.1) is 0 Å². The molecule has 1 atom stereocenters. The molecule has 0 radical (unpaired) electrons. The Labute approximate surface area is 121 Å². The van der Waals surface area contributed by atoms with Crippen LogP contribution < -0.4 is 0 Å². The zero-order valence-electron chi connectivity index (χ0n) is 11.5. The highest BCUT2D eigenvalue weighted by atomic mass is 15.3. The Morgan fingerprint density at radius 2 is 1.95 bits per heavy atom. The first-order chi connectivity index (χ1) is 10.3. The molecule has 1 unspecified atom stereocenters. The summed E-state index contributed by atoms with van der Waals surface area (Å²) in [6.07, 6.45) is 6.98. The number of rotatable bonds is 2. The second-order valence-corrected chi connectivity index (χ2v) is 5.01. The monoisotopic (exact) mass is 275 g/mol. The van der Waals surface area contributed by atoms with E-state index in [1.165, 1.54) is 5.56 Å². The fraction of sp³-hybridized carbons (Fsp3) is 0.125. The van der Waals surface area contributed by atoms with Gasteiger partial charge in [0.05, 0.1) is 29.8 Å². The van der Waals surface area contributed by atoms with E-state index >= 15 is 0 Å². The molecule has 1 aromatic carbocycles. The van der Waals surface area contributed by atoms with E-state index in [9.17, 15) is 0 Å². The summed E-state index contributed by atoms with van der Waals surface area (Å²) < 4.78 is 1.79. The highest BCUT2D eigenvalue weighted by Gasteiger charge is 2.15. The van der Waals surface area contributed by atoms with Gasteiger partial charge >= 0.3 is 0 Å². The number of hydrogen-bond donors (Lipinski definition) is 0. The molecular weight excluding hydrogens is 262 g/mol. The lowest BCUT2D eigenvalue weighted by Gasteiger charge is -2.11. The minimum atomic E-state index is 0.182. The Morgan fingerprint density at radius 1 is 1.00 bits per heavy atom. The molecular formula is C16H13N5. The Kier molecular flexibility index (Phi) is 2.64. The molecule has 0 aliphatic carbocycles. The predicted molar refractivity (Wildman–Crippen MR) is 80.0 cm³/mol.